The van der Waals surface area contributed by atoms with Gasteiger partial charge in [0.2, 0.25) is 10.0 Å². The molecule has 8 nitrogen and oxygen atoms in total. The van der Waals surface area contributed by atoms with Crippen molar-refractivity contribution in [3.63, 3.8) is 0 Å². The van der Waals surface area contributed by atoms with Crippen molar-refractivity contribution in [3.8, 4) is 5.69 Å². The molecule has 4 rings (SSSR count). The zero-order chi connectivity index (χ0) is 26.7. The number of hydrogen-bond donors (Lipinski definition) is 1. The number of methoxy groups -OCH3 is 2. The molecular weight excluding hydrogens is 490 g/mol. The summed E-state index contributed by atoms with van der Waals surface area (Å²) in [5.74, 6) is 0.292. The van der Waals surface area contributed by atoms with Gasteiger partial charge < -0.3 is 9.47 Å². The molecule has 1 heterocycles. The minimum absolute atomic E-state index is 0.0944. The maximum atomic E-state index is 13.7. The van der Waals surface area contributed by atoms with E-state index in [1.165, 1.54) is 11.7 Å². The van der Waals surface area contributed by atoms with Crippen LogP contribution in [0.25, 0.3) is 16.6 Å². The summed E-state index contributed by atoms with van der Waals surface area (Å²) in [6.07, 6.45) is 0. The van der Waals surface area contributed by atoms with Gasteiger partial charge in [0.05, 0.1) is 40.7 Å². The number of nitrogens with zero attached hydrogens (tertiary/aromatic N) is 2. The van der Waals surface area contributed by atoms with Gasteiger partial charge in [-0.25, -0.2) is 18.1 Å². The van der Waals surface area contributed by atoms with Gasteiger partial charge in [-0.3, -0.25) is 9.36 Å². The Kier molecular flexibility index (Phi) is 7.89. The molecule has 0 fully saturated rings. The van der Waals surface area contributed by atoms with E-state index in [4.69, 9.17) is 14.5 Å². The molecule has 0 bridgehead atoms. The van der Waals surface area contributed by atoms with Crippen LogP contribution in [0.15, 0.2) is 70.4 Å². The highest BCUT2D eigenvalue weighted by atomic mass is 32.2. The molecule has 0 aliphatic heterocycles. The maximum absolute atomic E-state index is 13.7. The third kappa shape index (κ3) is 5.50. The van der Waals surface area contributed by atoms with Crippen LogP contribution >= 0.6 is 0 Å². The fourth-order valence-electron chi connectivity index (χ4n) is 4.46. The van der Waals surface area contributed by atoms with Crippen LogP contribution < -0.4 is 10.3 Å². The topological polar surface area (TPSA) is 99.5 Å². The normalized spacial score (nSPS) is 12.7. The zero-order valence-electron chi connectivity index (χ0n) is 21.6. The lowest BCUT2D eigenvalue weighted by molar-refractivity contribution is 0.180. The number of nitrogens with one attached hydrogen (secondary N) is 1. The average Bonchev–Trinajstić information content (AvgIpc) is 2.85. The Labute approximate surface area is 216 Å². The van der Waals surface area contributed by atoms with Crippen molar-refractivity contribution in [2.45, 2.75) is 44.9 Å². The first kappa shape index (κ1) is 26.7. The highest BCUT2D eigenvalue weighted by molar-refractivity contribution is 7.89. The third-order valence-electron chi connectivity index (χ3n) is 6.15. The average molecular weight is 522 g/mol. The van der Waals surface area contributed by atoms with Gasteiger partial charge >= 0.3 is 0 Å². The van der Waals surface area contributed by atoms with E-state index in [1.54, 1.807) is 50.4 Å². The molecule has 194 valence electrons. The second kappa shape index (κ2) is 10.9. The van der Waals surface area contributed by atoms with E-state index >= 15 is 0 Å². The smallest absolute Gasteiger partial charge is 0.266 e. The van der Waals surface area contributed by atoms with Crippen molar-refractivity contribution in [1.29, 1.82) is 0 Å². The SMILES string of the molecule is COCc1ccc(COC)c(S(=O)(=O)NC(C)c2nc3ccccc3c(=O)n2-c2ccc(C)cc2C)c1. The van der Waals surface area contributed by atoms with E-state index in [1.807, 2.05) is 38.1 Å². The van der Waals surface area contributed by atoms with Gasteiger partial charge in [0.1, 0.15) is 5.82 Å². The van der Waals surface area contributed by atoms with Crippen molar-refractivity contribution in [2.75, 3.05) is 14.2 Å². The van der Waals surface area contributed by atoms with Gasteiger partial charge in [-0.05, 0) is 61.7 Å². The Hall–Kier alpha value is -3.37. The summed E-state index contributed by atoms with van der Waals surface area (Å²) in [6, 6.07) is 17.1. The second-order valence-corrected chi connectivity index (χ2v) is 10.8. The summed E-state index contributed by atoms with van der Waals surface area (Å²) < 4.78 is 42.0. The van der Waals surface area contributed by atoms with Gasteiger partial charge in [-0.15, -0.1) is 0 Å². The molecule has 0 aliphatic rings. The largest absolute Gasteiger partial charge is 0.380 e. The molecule has 3 aromatic carbocycles. The predicted octanol–water partition coefficient (Wildman–Crippen LogP) is 4.33. The van der Waals surface area contributed by atoms with Gasteiger partial charge in [0.25, 0.3) is 5.56 Å². The molecule has 0 saturated heterocycles. The van der Waals surface area contributed by atoms with Gasteiger partial charge in [0, 0.05) is 14.2 Å². The summed E-state index contributed by atoms with van der Waals surface area (Å²) in [5, 5.41) is 0.455. The van der Waals surface area contributed by atoms with Crippen LogP contribution in [0.1, 0.15) is 41.0 Å². The van der Waals surface area contributed by atoms with Crippen LogP contribution in [0.3, 0.4) is 0 Å². The zero-order valence-corrected chi connectivity index (χ0v) is 22.4. The van der Waals surface area contributed by atoms with Crippen LogP contribution in [-0.4, -0.2) is 32.2 Å². The Morgan fingerprint density at radius 2 is 1.70 bits per heavy atom. The van der Waals surface area contributed by atoms with E-state index < -0.39 is 16.1 Å². The number of sulfonamides is 1. The van der Waals surface area contributed by atoms with E-state index in [9.17, 15) is 13.2 Å². The highest BCUT2D eigenvalue weighted by Gasteiger charge is 2.26. The predicted molar refractivity (Wildman–Crippen MR) is 143 cm³/mol. The molecule has 0 saturated carbocycles. The van der Waals surface area contributed by atoms with E-state index in [0.717, 1.165) is 11.1 Å². The molecule has 1 unspecified atom stereocenters. The van der Waals surface area contributed by atoms with Crippen molar-refractivity contribution >= 4 is 20.9 Å². The molecule has 0 amide bonds. The minimum Gasteiger partial charge on any atom is -0.380 e. The quantitative estimate of drug-likeness (QED) is 0.352. The monoisotopic (exact) mass is 521 g/mol. The van der Waals surface area contributed by atoms with E-state index in [0.29, 0.717) is 33.5 Å². The third-order valence-corrected chi connectivity index (χ3v) is 7.77. The van der Waals surface area contributed by atoms with Gasteiger partial charge in [-0.1, -0.05) is 42.0 Å². The lowest BCUT2D eigenvalue weighted by Gasteiger charge is -2.22. The Bertz CT molecular complexity index is 1610. The molecule has 1 atom stereocenters. The first-order valence-corrected chi connectivity index (χ1v) is 13.4. The Morgan fingerprint density at radius 3 is 2.41 bits per heavy atom. The molecule has 4 aromatic rings. The number of hydrogen-bond acceptors (Lipinski definition) is 6. The van der Waals surface area contributed by atoms with Crippen LogP contribution in [-0.2, 0) is 32.7 Å². The van der Waals surface area contributed by atoms with Crippen LogP contribution in [0.4, 0.5) is 0 Å². The summed E-state index contributed by atoms with van der Waals surface area (Å²) in [7, 11) is -0.962. The number of rotatable bonds is 9. The molecule has 0 spiro atoms. The van der Waals surface area contributed by atoms with E-state index in [2.05, 4.69) is 4.72 Å². The number of aromatic nitrogens is 2. The first-order valence-electron chi connectivity index (χ1n) is 11.9. The number of ether oxygens (including phenoxy) is 2. The lowest BCUT2D eigenvalue weighted by atomic mass is 10.1. The molecule has 1 aromatic heterocycles. The first-order chi connectivity index (χ1) is 17.7. The van der Waals surface area contributed by atoms with Crippen LogP contribution in [0, 0.1) is 13.8 Å². The van der Waals surface area contributed by atoms with Crippen molar-refractivity contribution in [2.24, 2.45) is 0 Å². The highest BCUT2D eigenvalue weighted by Crippen LogP contribution is 2.25. The minimum atomic E-state index is -4.02. The summed E-state index contributed by atoms with van der Waals surface area (Å²) in [5.41, 5.74) is 4.05. The second-order valence-electron chi connectivity index (χ2n) is 9.07. The molecule has 1 N–H and O–H groups in total. The summed E-state index contributed by atoms with van der Waals surface area (Å²) in [4.78, 5) is 18.5. The fourth-order valence-corrected chi connectivity index (χ4v) is 5.94. The van der Waals surface area contributed by atoms with Crippen molar-refractivity contribution in [1.82, 2.24) is 14.3 Å². The molecule has 9 heteroatoms. The molecular formula is C28H31N3O5S. The van der Waals surface area contributed by atoms with Crippen LogP contribution in [0.2, 0.25) is 0 Å². The number of para-hydroxylation sites is 1. The lowest BCUT2D eigenvalue weighted by Crippen LogP contribution is -2.34. The number of benzene rings is 3. The van der Waals surface area contributed by atoms with E-state index in [-0.39, 0.29) is 23.7 Å². The van der Waals surface area contributed by atoms with Gasteiger partial charge in [-0.2, -0.15) is 0 Å². The summed E-state index contributed by atoms with van der Waals surface area (Å²) in [6.45, 7) is 5.97. The maximum Gasteiger partial charge on any atom is 0.266 e. The summed E-state index contributed by atoms with van der Waals surface area (Å²) >= 11 is 0. The van der Waals surface area contributed by atoms with Crippen molar-refractivity contribution in [3.05, 3.63) is 99.1 Å². The van der Waals surface area contributed by atoms with Crippen LogP contribution in [0.5, 0.6) is 0 Å². The Balaban J connectivity index is 1.86. The molecule has 37 heavy (non-hydrogen) atoms. The molecule has 0 aliphatic carbocycles. The Morgan fingerprint density at radius 1 is 0.973 bits per heavy atom. The van der Waals surface area contributed by atoms with Gasteiger partial charge in [0.15, 0.2) is 0 Å². The number of aryl methyl sites for hydroxylation is 2. The number of fused-ring (bicyclic) bond motifs is 1. The molecule has 0 radical (unpaired) electrons. The standard InChI is InChI=1S/C28H31N3O5S/c1-18-10-13-25(19(2)14-18)31-27(29-24-9-7-6-8-23(24)28(31)32)20(3)30-37(33,34)26-15-21(16-35-4)11-12-22(26)17-36-5/h6-15,20,30H,16-17H2,1-5H3. The fraction of sp³-hybridized carbons (Fsp3) is 0.286. The van der Waals surface area contributed by atoms with Crippen molar-refractivity contribution < 1.29 is 17.9 Å².